The second kappa shape index (κ2) is 5.41. The van der Waals surface area contributed by atoms with Gasteiger partial charge in [-0.2, -0.15) is 0 Å². The molecule has 1 heterocycles. The Balaban J connectivity index is 2.19. The van der Waals surface area contributed by atoms with E-state index in [9.17, 15) is 13.2 Å². The highest BCUT2D eigenvalue weighted by Gasteiger charge is 2.33. The van der Waals surface area contributed by atoms with Gasteiger partial charge in [0.1, 0.15) is 9.84 Å². The SMILES string of the molecule is Cc1ccncc1C(=O)C1CCCC(S(C)(=O)=O)C1. The Morgan fingerprint density at radius 3 is 2.74 bits per heavy atom. The third kappa shape index (κ3) is 3.21. The number of pyridine rings is 1. The zero-order valence-electron chi connectivity index (χ0n) is 11.3. The normalized spacial score (nSPS) is 24.1. The summed E-state index contributed by atoms with van der Waals surface area (Å²) in [6, 6.07) is 1.81. The molecule has 1 saturated carbocycles. The molecule has 0 radical (unpaired) electrons. The van der Waals surface area contributed by atoms with Gasteiger partial charge in [0.25, 0.3) is 0 Å². The molecule has 2 unspecified atom stereocenters. The second-order valence-corrected chi connectivity index (χ2v) is 7.70. The fourth-order valence-corrected chi connectivity index (χ4v) is 3.89. The van der Waals surface area contributed by atoms with Crippen LogP contribution in [0.25, 0.3) is 0 Å². The van der Waals surface area contributed by atoms with Gasteiger partial charge in [0.2, 0.25) is 0 Å². The van der Waals surface area contributed by atoms with Crippen molar-refractivity contribution in [1.82, 2.24) is 4.98 Å². The molecule has 2 atom stereocenters. The Labute approximate surface area is 114 Å². The van der Waals surface area contributed by atoms with E-state index >= 15 is 0 Å². The molecular formula is C14H19NO3S. The predicted octanol–water partition coefficient (Wildman–Crippen LogP) is 2.18. The van der Waals surface area contributed by atoms with Crippen LogP contribution in [-0.2, 0) is 9.84 Å². The molecule has 0 amide bonds. The number of aryl methyl sites for hydroxylation is 1. The molecule has 0 N–H and O–H groups in total. The second-order valence-electron chi connectivity index (χ2n) is 5.37. The van der Waals surface area contributed by atoms with E-state index in [1.807, 2.05) is 13.0 Å². The first-order chi connectivity index (χ1) is 8.89. The molecule has 2 rings (SSSR count). The third-order valence-electron chi connectivity index (χ3n) is 3.91. The number of carbonyl (C=O) groups excluding carboxylic acids is 1. The van der Waals surface area contributed by atoms with Gasteiger partial charge in [0.15, 0.2) is 5.78 Å². The van der Waals surface area contributed by atoms with Crippen molar-refractivity contribution in [2.75, 3.05) is 6.26 Å². The lowest BCUT2D eigenvalue weighted by molar-refractivity contribution is 0.0890. The number of aromatic nitrogens is 1. The number of carbonyl (C=O) groups is 1. The molecule has 1 aliphatic carbocycles. The smallest absolute Gasteiger partial charge is 0.167 e. The molecule has 4 nitrogen and oxygen atoms in total. The van der Waals surface area contributed by atoms with Crippen LogP contribution in [0.5, 0.6) is 0 Å². The maximum atomic E-state index is 12.5. The summed E-state index contributed by atoms with van der Waals surface area (Å²) in [6.45, 7) is 1.88. The summed E-state index contributed by atoms with van der Waals surface area (Å²) >= 11 is 0. The van der Waals surface area contributed by atoms with Gasteiger partial charge in [-0.15, -0.1) is 0 Å². The minimum Gasteiger partial charge on any atom is -0.294 e. The molecule has 0 aromatic carbocycles. The van der Waals surface area contributed by atoms with Crippen LogP contribution in [0.2, 0.25) is 0 Å². The van der Waals surface area contributed by atoms with Crippen molar-refractivity contribution in [3.8, 4) is 0 Å². The van der Waals surface area contributed by atoms with Gasteiger partial charge < -0.3 is 0 Å². The van der Waals surface area contributed by atoms with Crippen molar-refractivity contribution in [1.29, 1.82) is 0 Å². The Morgan fingerprint density at radius 1 is 1.37 bits per heavy atom. The maximum Gasteiger partial charge on any atom is 0.167 e. The van der Waals surface area contributed by atoms with E-state index in [1.165, 1.54) is 6.26 Å². The zero-order chi connectivity index (χ0) is 14.0. The van der Waals surface area contributed by atoms with E-state index in [-0.39, 0.29) is 17.0 Å². The molecule has 1 fully saturated rings. The van der Waals surface area contributed by atoms with Crippen molar-refractivity contribution in [3.05, 3.63) is 29.6 Å². The molecule has 5 heteroatoms. The maximum absolute atomic E-state index is 12.5. The fourth-order valence-electron chi connectivity index (χ4n) is 2.71. The van der Waals surface area contributed by atoms with Crippen molar-refractivity contribution >= 4 is 15.6 Å². The lowest BCUT2D eigenvalue weighted by Gasteiger charge is -2.27. The molecule has 1 aromatic rings. The number of hydrogen-bond donors (Lipinski definition) is 0. The number of nitrogens with zero attached hydrogens (tertiary/aromatic N) is 1. The predicted molar refractivity (Wildman–Crippen MR) is 73.9 cm³/mol. The van der Waals surface area contributed by atoms with Gasteiger partial charge in [-0.05, 0) is 37.8 Å². The highest BCUT2D eigenvalue weighted by molar-refractivity contribution is 7.91. The van der Waals surface area contributed by atoms with E-state index in [0.717, 1.165) is 18.4 Å². The number of Topliss-reactive ketones (excluding diaryl/α,β-unsaturated/α-hetero) is 1. The first-order valence-electron chi connectivity index (χ1n) is 6.53. The van der Waals surface area contributed by atoms with Gasteiger partial charge >= 0.3 is 0 Å². The quantitative estimate of drug-likeness (QED) is 0.797. The van der Waals surface area contributed by atoms with Crippen LogP contribution in [-0.4, -0.2) is 30.7 Å². The summed E-state index contributed by atoms with van der Waals surface area (Å²) in [5.41, 5.74) is 1.53. The largest absolute Gasteiger partial charge is 0.294 e. The highest BCUT2D eigenvalue weighted by atomic mass is 32.2. The summed E-state index contributed by atoms with van der Waals surface area (Å²) in [7, 11) is -3.05. The number of sulfone groups is 1. The Kier molecular flexibility index (Phi) is 4.04. The van der Waals surface area contributed by atoms with Crippen LogP contribution in [0.3, 0.4) is 0 Å². The summed E-state index contributed by atoms with van der Waals surface area (Å²) in [5.74, 6) is -0.143. The first kappa shape index (κ1) is 14.2. The third-order valence-corrected chi connectivity index (χ3v) is 5.55. The van der Waals surface area contributed by atoms with E-state index in [1.54, 1.807) is 12.4 Å². The summed E-state index contributed by atoms with van der Waals surface area (Å²) in [5, 5.41) is -0.368. The minimum atomic E-state index is -3.05. The van der Waals surface area contributed by atoms with E-state index in [0.29, 0.717) is 18.4 Å². The van der Waals surface area contributed by atoms with E-state index in [4.69, 9.17) is 0 Å². The molecule has 104 valence electrons. The van der Waals surface area contributed by atoms with Gasteiger partial charge in [-0.25, -0.2) is 8.42 Å². The zero-order valence-corrected chi connectivity index (χ0v) is 12.1. The molecule has 0 spiro atoms. The van der Waals surface area contributed by atoms with Crippen LogP contribution in [0.1, 0.15) is 41.6 Å². The van der Waals surface area contributed by atoms with Gasteiger partial charge in [-0.1, -0.05) is 6.42 Å². The molecule has 19 heavy (non-hydrogen) atoms. The molecular weight excluding hydrogens is 262 g/mol. The molecule has 0 saturated heterocycles. The lowest BCUT2D eigenvalue weighted by Crippen LogP contribution is -2.31. The van der Waals surface area contributed by atoms with Crippen molar-refractivity contribution in [3.63, 3.8) is 0 Å². The minimum absolute atomic E-state index is 0.0407. The summed E-state index contributed by atoms with van der Waals surface area (Å²) in [4.78, 5) is 16.4. The van der Waals surface area contributed by atoms with Crippen molar-refractivity contribution in [2.24, 2.45) is 5.92 Å². The monoisotopic (exact) mass is 281 g/mol. The summed E-state index contributed by atoms with van der Waals surface area (Å²) in [6.07, 6.45) is 7.21. The standard InChI is InChI=1S/C14H19NO3S/c1-10-6-7-15-9-13(10)14(16)11-4-3-5-12(8-11)19(2,17)18/h6-7,9,11-12H,3-5,8H2,1-2H3. The van der Waals surface area contributed by atoms with Crippen LogP contribution >= 0.6 is 0 Å². The van der Waals surface area contributed by atoms with Crippen LogP contribution in [0, 0.1) is 12.8 Å². The van der Waals surface area contributed by atoms with Gasteiger partial charge in [0, 0.05) is 30.1 Å². The Hall–Kier alpha value is -1.23. The average Bonchev–Trinajstić information content (AvgIpc) is 2.38. The Bertz CT molecular complexity index is 580. The number of hydrogen-bond acceptors (Lipinski definition) is 4. The molecule has 1 aromatic heterocycles. The lowest BCUT2D eigenvalue weighted by atomic mass is 9.83. The Morgan fingerprint density at radius 2 is 2.11 bits per heavy atom. The van der Waals surface area contributed by atoms with E-state index < -0.39 is 9.84 Å². The summed E-state index contributed by atoms with van der Waals surface area (Å²) < 4.78 is 23.3. The fraction of sp³-hybridized carbons (Fsp3) is 0.571. The molecule has 1 aliphatic rings. The van der Waals surface area contributed by atoms with Crippen LogP contribution < -0.4 is 0 Å². The number of rotatable bonds is 3. The average molecular weight is 281 g/mol. The van der Waals surface area contributed by atoms with Gasteiger partial charge in [0.05, 0.1) is 5.25 Å². The first-order valence-corrected chi connectivity index (χ1v) is 8.48. The molecule has 0 bridgehead atoms. The van der Waals surface area contributed by atoms with Crippen molar-refractivity contribution < 1.29 is 13.2 Å². The number of ketones is 1. The van der Waals surface area contributed by atoms with Crippen LogP contribution in [0.4, 0.5) is 0 Å². The highest BCUT2D eigenvalue weighted by Crippen LogP contribution is 2.31. The van der Waals surface area contributed by atoms with E-state index in [2.05, 4.69) is 4.98 Å². The van der Waals surface area contributed by atoms with Crippen LogP contribution in [0.15, 0.2) is 18.5 Å². The topological polar surface area (TPSA) is 64.1 Å². The molecule has 0 aliphatic heterocycles. The van der Waals surface area contributed by atoms with Crippen molar-refractivity contribution in [2.45, 2.75) is 37.9 Å². The van der Waals surface area contributed by atoms with Gasteiger partial charge in [-0.3, -0.25) is 9.78 Å².